The van der Waals surface area contributed by atoms with Crippen LogP contribution in [0.25, 0.3) is 22.4 Å². The molecule has 1 amide bonds. The largest absolute Gasteiger partial charge is 0.416 e. The minimum absolute atomic E-state index is 0.0778. The van der Waals surface area contributed by atoms with Crippen molar-refractivity contribution in [2.75, 3.05) is 5.32 Å². The number of anilines is 1. The highest BCUT2D eigenvalue weighted by atomic mass is 32.1. The highest BCUT2D eigenvalue weighted by Crippen LogP contribution is 2.32. The molecule has 0 saturated carbocycles. The minimum Gasteiger partial charge on any atom is -0.305 e. The van der Waals surface area contributed by atoms with Crippen molar-refractivity contribution >= 4 is 39.1 Å². The van der Waals surface area contributed by atoms with Gasteiger partial charge in [0.2, 0.25) is 0 Å². The number of hydrogen-bond acceptors (Lipinski definition) is 7. The van der Waals surface area contributed by atoms with Crippen LogP contribution in [-0.2, 0) is 13.2 Å². The van der Waals surface area contributed by atoms with Crippen LogP contribution in [0, 0.1) is 10.1 Å². The number of fused-ring (bicyclic) bond motifs is 1. The van der Waals surface area contributed by atoms with Crippen molar-refractivity contribution < 1.29 is 22.9 Å². The Hall–Kier alpha value is -3.87. The van der Waals surface area contributed by atoms with Gasteiger partial charge in [-0.1, -0.05) is 23.5 Å². The van der Waals surface area contributed by atoms with E-state index < -0.39 is 22.6 Å². The van der Waals surface area contributed by atoms with Gasteiger partial charge in [0.05, 0.1) is 26.9 Å². The van der Waals surface area contributed by atoms with Crippen LogP contribution in [0.15, 0.2) is 42.6 Å². The third kappa shape index (κ3) is 3.94. The average Bonchev–Trinajstić information content (AvgIpc) is 3.35. The molecule has 3 aromatic heterocycles. The zero-order valence-electron chi connectivity index (χ0n) is 15.5. The summed E-state index contributed by atoms with van der Waals surface area (Å²) in [4.78, 5) is 31.5. The molecule has 0 aliphatic heterocycles. The van der Waals surface area contributed by atoms with E-state index in [-0.39, 0.29) is 21.5 Å². The second kappa shape index (κ2) is 7.43. The Morgan fingerprint density at radius 3 is 2.48 bits per heavy atom. The first-order valence-electron chi connectivity index (χ1n) is 8.56. The van der Waals surface area contributed by atoms with Gasteiger partial charge in [-0.05, 0) is 18.2 Å². The number of carbonyl (C=O) groups is 1. The molecule has 31 heavy (non-hydrogen) atoms. The Morgan fingerprint density at radius 2 is 1.87 bits per heavy atom. The number of halogens is 3. The van der Waals surface area contributed by atoms with Gasteiger partial charge in [-0.2, -0.15) is 18.3 Å². The lowest BCUT2D eigenvalue weighted by Gasteiger charge is -2.09. The molecule has 9 nitrogen and oxygen atoms in total. The number of rotatable bonds is 4. The van der Waals surface area contributed by atoms with Crippen LogP contribution in [-0.4, -0.2) is 30.6 Å². The summed E-state index contributed by atoms with van der Waals surface area (Å²) < 4.78 is 39.9. The normalized spacial score (nSPS) is 11.6. The molecular formula is C18H11F3N6O3S. The Balaban J connectivity index is 1.73. The van der Waals surface area contributed by atoms with Crippen molar-refractivity contribution in [3.63, 3.8) is 0 Å². The Bertz CT molecular complexity index is 1310. The third-order valence-corrected chi connectivity index (χ3v) is 5.33. The molecule has 0 radical (unpaired) electrons. The topological polar surface area (TPSA) is 116 Å². The van der Waals surface area contributed by atoms with Gasteiger partial charge < -0.3 is 5.32 Å². The summed E-state index contributed by atoms with van der Waals surface area (Å²) in [7, 11) is 1.61. The van der Waals surface area contributed by atoms with E-state index in [1.165, 1.54) is 35.1 Å². The summed E-state index contributed by atoms with van der Waals surface area (Å²) in [5, 5.41) is 17.7. The molecule has 0 fully saturated rings. The molecule has 0 aliphatic carbocycles. The number of nitrogens with one attached hydrogen (secondary N) is 1. The first-order valence-corrected chi connectivity index (χ1v) is 9.38. The summed E-state index contributed by atoms with van der Waals surface area (Å²) in [5.41, 5.74) is -0.165. The van der Waals surface area contributed by atoms with Crippen LogP contribution >= 0.6 is 11.3 Å². The average molecular weight is 448 g/mol. The Morgan fingerprint density at radius 1 is 1.16 bits per heavy atom. The van der Waals surface area contributed by atoms with E-state index in [4.69, 9.17) is 0 Å². The predicted octanol–water partition coefficient (Wildman–Crippen LogP) is 4.27. The number of nitro groups is 1. The van der Waals surface area contributed by atoms with Crippen molar-refractivity contribution in [2.45, 2.75) is 6.18 Å². The van der Waals surface area contributed by atoms with Crippen LogP contribution in [0.4, 0.5) is 24.0 Å². The van der Waals surface area contributed by atoms with E-state index in [2.05, 4.69) is 20.4 Å². The summed E-state index contributed by atoms with van der Waals surface area (Å²) in [6.45, 7) is 0. The number of carbonyl (C=O) groups excluding carboxylic acids is 1. The maximum Gasteiger partial charge on any atom is 0.416 e. The highest BCUT2D eigenvalue weighted by Gasteiger charge is 2.30. The van der Waals surface area contributed by atoms with Gasteiger partial charge >= 0.3 is 11.2 Å². The molecule has 0 spiro atoms. The number of aromatic nitrogens is 4. The molecule has 4 rings (SSSR count). The van der Waals surface area contributed by atoms with Gasteiger partial charge in [0, 0.05) is 18.7 Å². The number of thiophene rings is 1. The number of nitrogens with zero attached hydrogens (tertiary/aromatic N) is 5. The summed E-state index contributed by atoms with van der Waals surface area (Å²) in [6, 6.07) is 6.82. The zero-order valence-corrected chi connectivity index (χ0v) is 16.4. The molecule has 1 N–H and O–H groups in total. The van der Waals surface area contributed by atoms with Gasteiger partial charge in [0.25, 0.3) is 5.91 Å². The number of aryl methyl sites for hydroxylation is 1. The van der Waals surface area contributed by atoms with Crippen LogP contribution < -0.4 is 5.32 Å². The van der Waals surface area contributed by atoms with Crippen LogP contribution in [0.5, 0.6) is 0 Å². The Labute approximate surface area is 175 Å². The first-order chi connectivity index (χ1) is 14.6. The second-order valence-electron chi connectivity index (χ2n) is 6.33. The van der Waals surface area contributed by atoms with E-state index in [1.54, 1.807) is 7.05 Å². The van der Waals surface area contributed by atoms with Crippen LogP contribution in [0.1, 0.15) is 15.2 Å². The summed E-state index contributed by atoms with van der Waals surface area (Å²) in [5.74, 6) is -0.466. The number of benzene rings is 1. The lowest BCUT2D eigenvalue weighted by Crippen LogP contribution is -2.12. The number of hydrogen-bond donors (Lipinski definition) is 1. The lowest BCUT2D eigenvalue weighted by atomic mass is 10.1. The maximum absolute atomic E-state index is 12.8. The molecule has 3 heterocycles. The molecule has 13 heteroatoms. The molecule has 0 aliphatic rings. The molecule has 0 unspecified atom stereocenters. The first kappa shape index (κ1) is 20.4. The van der Waals surface area contributed by atoms with Crippen molar-refractivity contribution in [1.29, 1.82) is 0 Å². The molecule has 158 valence electrons. The number of amides is 1. The molecular weight excluding hydrogens is 437 g/mol. The van der Waals surface area contributed by atoms with Crippen molar-refractivity contribution in [3.8, 4) is 11.4 Å². The van der Waals surface area contributed by atoms with E-state index in [0.717, 1.165) is 12.1 Å². The predicted molar refractivity (Wildman–Crippen MR) is 106 cm³/mol. The lowest BCUT2D eigenvalue weighted by molar-refractivity contribution is -0.380. The fourth-order valence-electron chi connectivity index (χ4n) is 2.77. The third-order valence-electron chi connectivity index (χ3n) is 4.29. The van der Waals surface area contributed by atoms with Gasteiger partial charge in [-0.15, -0.1) is 0 Å². The van der Waals surface area contributed by atoms with Gasteiger partial charge in [0.1, 0.15) is 5.82 Å². The van der Waals surface area contributed by atoms with E-state index in [9.17, 15) is 28.1 Å². The van der Waals surface area contributed by atoms with Crippen molar-refractivity contribution in [3.05, 3.63) is 63.1 Å². The standard InChI is InChI=1S/C18H11F3N6O3S/c1-26-16-11(8-22-26)15(25-17(28)12-6-7-13(31-12)27(29)30)23-14(24-16)9-2-4-10(5-3-9)18(19,20)21/h2-8H,1H3,(H,23,24,25,28). The van der Waals surface area contributed by atoms with Gasteiger partial charge in [-0.25, -0.2) is 9.97 Å². The highest BCUT2D eigenvalue weighted by molar-refractivity contribution is 7.17. The van der Waals surface area contributed by atoms with Crippen LogP contribution in [0.2, 0.25) is 0 Å². The monoisotopic (exact) mass is 448 g/mol. The smallest absolute Gasteiger partial charge is 0.305 e. The minimum atomic E-state index is -4.48. The van der Waals surface area contributed by atoms with Gasteiger partial charge in [-0.3, -0.25) is 19.6 Å². The van der Waals surface area contributed by atoms with Gasteiger partial charge in [0.15, 0.2) is 11.5 Å². The molecule has 0 bridgehead atoms. The molecule has 1 aromatic carbocycles. The molecule has 0 saturated heterocycles. The second-order valence-corrected chi connectivity index (χ2v) is 7.39. The fourth-order valence-corrected chi connectivity index (χ4v) is 3.49. The van der Waals surface area contributed by atoms with E-state index >= 15 is 0 Å². The van der Waals surface area contributed by atoms with E-state index in [0.29, 0.717) is 27.9 Å². The molecule has 4 aromatic rings. The summed E-state index contributed by atoms with van der Waals surface area (Å²) in [6.07, 6.45) is -3.05. The fraction of sp³-hybridized carbons (Fsp3) is 0.111. The SMILES string of the molecule is Cn1ncc2c(NC(=O)c3ccc([N+](=O)[O-])s3)nc(-c3ccc(C(F)(F)F)cc3)nc21. The van der Waals surface area contributed by atoms with Crippen molar-refractivity contribution in [1.82, 2.24) is 19.7 Å². The summed E-state index contributed by atoms with van der Waals surface area (Å²) >= 11 is 0.701. The van der Waals surface area contributed by atoms with Crippen molar-refractivity contribution in [2.24, 2.45) is 7.05 Å². The molecule has 0 atom stereocenters. The zero-order chi connectivity index (χ0) is 22.3. The maximum atomic E-state index is 12.8. The quantitative estimate of drug-likeness (QED) is 0.368. The van der Waals surface area contributed by atoms with Crippen LogP contribution in [0.3, 0.4) is 0 Å². The Kier molecular flexibility index (Phi) is 4.89. The van der Waals surface area contributed by atoms with E-state index in [1.807, 2.05) is 0 Å². The number of alkyl halides is 3.